The number of nitrogens with zero attached hydrogens (tertiary/aromatic N) is 2. The van der Waals surface area contributed by atoms with Crippen molar-refractivity contribution in [2.75, 3.05) is 63.0 Å². The number of fused-ring (bicyclic) bond motifs is 2. The molecule has 8 N–H and O–H groups in total. The zero-order chi connectivity index (χ0) is 63.6. The summed E-state index contributed by atoms with van der Waals surface area (Å²) in [5.74, 6) is -5.78. The predicted molar refractivity (Wildman–Crippen MR) is 315 cm³/mol. The smallest absolute Gasteiger partial charge is 0.352 e. The van der Waals surface area contributed by atoms with Crippen LogP contribution in [0, 0.1) is 27.7 Å². The quantitative estimate of drug-likeness (QED) is 0.0142. The first-order valence-electron chi connectivity index (χ1n) is 27.7. The van der Waals surface area contributed by atoms with Crippen molar-refractivity contribution in [1.82, 2.24) is 30.4 Å². The van der Waals surface area contributed by atoms with Gasteiger partial charge in [0.25, 0.3) is 23.6 Å². The highest BCUT2D eigenvalue weighted by atomic mass is 16.6. The average Bonchev–Trinajstić information content (AvgIpc) is 2.12. The molecule has 2 aliphatic rings. The molecule has 4 atom stereocenters. The Balaban J connectivity index is 0.000000288. The lowest BCUT2D eigenvalue weighted by Gasteiger charge is -2.18. The van der Waals surface area contributed by atoms with Crippen LogP contribution in [-0.2, 0) is 57.3 Å². The van der Waals surface area contributed by atoms with Crippen LogP contribution in [0.25, 0.3) is 23.3 Å². The maximum absolute atomic E-state index is 12.9. The number of hydrogen-bond donors (Lipinski definition) is 8. The van der Waals surface area contributed by atoms with E-state index in [0.29, 0.717) is 74.9 Å². The van der Waals surface area contributed by atoms with E-state index in [2.05, 4.69) is 82.9 Å². The number of esters is 5. The molecule has 4 amide bonds. The number of amides is 4. The van der Waals surface area contributed by atoms with Gasteiger partial charge in [0.05, 0.1) is 22.3 Å². The molecule has 2 aromatic heterocycles. The number of hydrogen-bond acceptors (Lipinski definition) is 18. The molecule has 25 heteroatoms. The Kier molecular flexibility index (Phi) is 25.4. The highest BCUT2D eigenvalue weighted by Crippen LogP contribution is 2.38. The molecule has 4 heterocycles. The summed E-state index contributed by atoms with van der Waals surface area (Å²) >= 11 is 0. The monoisotopic (exact) mass is 1180 g/mol. The van der Waals surface area contributed by atoms with Gasteiger partial charge >= 0.3 is 35.8 Å². The lowest BCUT2D eigenvalue weighted by Crippen LogP contribution is -2.35. The molecule has 85 heavy (non-hydrogen) atoms. The molecule has 0 saturated heterocycles. The van der Waals surface area contributed by atoms with Gasteiger partial charge in [0, 0.05) is 85.3 Å². The van der Waals surface area contributed by atoms with Gasteiger partial charge in [-0.1, -0.05) is 27.7 Å². The number of aromatic hydroxyl groups is 1. The van der Waals surface area contributed by atoms with Crippen molar-refractivity contribution < 1.29 is 81.8 Å². The predicted octanol–water partition coefficient (Wildman–Crippen LogP) is 5.84. The molecule has 0 spiro atoms. The molecule has 460 valence electrons. The van der Waals surface area contributed by atoms with Crippen LogP contribution in [0.4, 0.5) is 11.4 Å². The largest absolute Gasteiger partial charge is 0.508 e. The van der Waals surface area contributed by atoms with Crippen molar-refractivity contribution >= 4 is 94.1 Å². The first-order valence-corrected chi connectivity index (χ1v) is 27.7. The molecule has 0 fully saturated rings. The van der Waals surface area contributed by atoms with Gasteiger partial charge in [-0.15, -0.1) is 0 Å². The van der Waals surface area contributed by atoms with Crippen LogP contribution in [0.3, 0.4) is 0 Å². The van der Waals surface area contributed by atoms with E-state index in [9.17, 15) is 53.1 Å². The normalized spacial score (nSPS) is 14.4. The minimum absolute atomic E-state index is 0.0961. The van der Waals surface area contributed by atoms with Crippen LogP contribution in [0.15, 0.2) is 36.4 Å². The Morgan fingerprint density at radius 3 is 1.36 bits per heavy atom. The van der Waals surface area contributed by atoms with Gasteiger partial charge < -0.3 is 74.9 Å². The van der Waals surface area contributed by atoms with E-state index in [1.165, 1.54) is 33.8 Å². The van der Waals surface area contributed by atoms with Gasteiger partial charge in [-0.3, -0.25) is 28.8 Å². The molecule has 25 nitrogen and oxygen atoms in total. The van der Waals surface area contributed by atoms with Gasteiger partial charge in [0.2, 0.25) is 0 Å². The van der Waals surface area contributed by atoms with E-state index in [4.69, 9.17) is 14.6 Å². The number of likely N-dealkylation sites (N-methyl/N-ethyl adjacent to an activating group) is 2. The second-order valence-electron chi connectivity index (χ2n) is 19.8. The summed E-state index contributed by atoms with van der Waals surface area (Å²) in [5.41, 5.74) is 8.70. The Bertz CT molecular complexity index is 3220. The van der Waals surface area contributed by atoms with Crippen LogP contribution < -0.4 is 26.0 Å². The lowest BCUT2D eigenvalue weighted by molar-refractivity contribution is -0.180. The maximum atomic E-state index is 12.9. The molecule has 0 unspecified atom stereocenters. The number of carbonyl (C=O) groups excluding carboxylic acids is 9. The molecule has 2 aromatic carbocycles. The van der Waals surface area contributed by atoms with Gasteiger partial charge in [-0.05, 0) is 141 Å². The van der Waals surface area contributed by atoms with Crippen LogP contribution in [-0.4, -0.2) is 166 Å². The number of ether oxygens (including phenoxy) is 5. The Morgan fingerprint density at radius 1 is 0.565 bits per heavy atom. The van der Waals surface area contributed by atoms with Crippen molar-refractivity contribution in [3.63, 3.8) is 0 Å². The summed E-state index contributed by atoms with van der Waals surface area (Å²) in [7, 11) is 0. The SMILES string of the molecule is CC(=O)O[C@@H](C)C(=O)O[C@H](C)C(=O)O[C@H](C)C(=O)O.CCN(CC)CCNC(=O)c1c(C)[nH]c(/C=C2\C(=O)Nc3ccc(O)cc32)c1C.CCN(CC)CCNC(=O)c1c(C)[nH]c(/C=C2\C(=O)Nc3ccc(OC(=O)[C@H](C)OC(C)=O)cc32)c1C. The summed E-state index contributed by atoms with van der Waals surface area (Å²) in [6.07, 6.45) is -1.46. The fourth-order valence-corrected chi connectivity index (χ4v) is 8.84. The lowest BCUT2D eigenvalue weighted by atomic mass is 10.0. The molecular formula is C60H78N8O17. The number of carbonyl (C=O) groups is 10. The number of nitrogens with one attached hydrogen (secondary N) is 6. The zero-order valence-electron chi connectivity index (χ0n) is 50.5. The molecule has 6 rings (SSSR count). The number of carboxylic acids is 1. The number of aryl methyl sites for hydroxylation is 2. The number of H-pyrrole nitrogens is 2. The molecule has 0 bridgehead atoms. The number of carboxylic acid groups (broad SMARTS) is 1. The Hall–Kier alpha value is -9.10. The summed E-state index contributed by atoms with van der Waals surface area (Å²) in [4.78, 5) is 129. The maximum Gasteiger partial charge on any atom is 0.352 e. The minimum Gasteiger partial charge on any atom is -0.508 e. The fraction of sp³-hybridized carbons (Fsp3) is 0.433. The number of benzene rings is 2. The zero-order valence-corrected chi connectivity index (χ0v) is 50.5. The third-order valence-corrected chi connectivity index (χ3v) is 13.6. The second-order valence-corrected chi connectivity index (χ2v) is 19.8. The fourth-order valence-electron chi connectivity index (χ4n) is 8.84. The van der Waals surface area contributed by atoms with E-state index in [1.54, 1.807) is 42.5 Å². The molecule has 2 aliphatic heterocycles. The summed E-state index contributed by atoms with van der Waals surface area (Å²) < 4.78 is 23.9. The average molecular weight is 1180 g/mol. The highest BCUT2D eigenvalue weighted by molar-refractivity contribution is 6.35. The van der Waals surface area contributed by atoms with Gasteiger partial charge in [0.15, 0.2) is 24.4 Å². The number of aliphatic carboxylic acids is 1. The molecule has 4 aromatic rings. The number of rotatable bonds is 23. The van der Waals surface area contributed by atoms with E-state index < -0.39 is 60.2 Å². The summed E-state index contributed by atoms with van der Waals surface area (Å²) in [5, 5.41) is 29.9. The topological polar surface area (TPSA) is 343 Å². The molecule has 0 saturated carbocycles. The first kappa shape index (κ1) is 68.4. The first-order chi connectivity index (χ1) is 40.0. The number of phenolic OH excluding ortho intramolecular Hbond substituents is 1. The Morgan fingerprint density at radius 2 is 0.953 bits per heavy atom. The van der Waals surface area contributed by atoms with E-state index >= 15 is 0 Å². The van der Waals surface area contributed by atoms with E-state index in [1.807, 2.05) is 27.7 Å². The second kappa shape index (κ2) is 31.5. The van der Waals surface area contributed by atoms with Gasteiger partial charge in [-0.2, -0.15) is 0 Å². The van der Waals surface area contributed by atoms with Gasteiger partial charge in [0.1, 0.15) is 11.5 Å². The standard InChI is InChI=1S/C27H34N4O6.C22H28N4O3.C11H16O8/c1-7-31(8-2)12-11-28-26(34)24-15(3)23(29-16(24)4)14-21-20-13-19(9-10-22(20)30-25(21)33)37-27(35)17(5)36-18(6)32;1-5-26(6-2)10-9-23-22(29)20-13(3)19(24-14(20)4)12-17-16-11-15(27)7-8-18(16)25-21(17)28;1-5(9(13)14)18-11(16)7(3)19-10(15)6(2)17-8(4)12/h9-10,13-14,17,29H,7-8,11-12H2,1-6H3,(H,28,34)(H,30,33);7-8,11-12,24,27H,5-6,9-10H2,1-4H3,(H,23,29)(H,25,28);5-7H,1-4H3,(H,13,14)/b21-14-;17-12-;/t17-;;5-,6+,7-/m0.1/s1. The third kappa shape index (κ3) is 19.0. The van der Waals surface area contributed by atoms with Crippen LogP contribution in [0.2, 0.25) is 0 Å². The Labute approximate surface area is 493 Å². The van der Waals surface area contributed by atoms with Crippen molar-refractivity contribution in [2.24, 2.45) is 0 Å². The van der Waals surface area contributed by atoms with Crippen LogP contribution >= 0.6 is 0 Å². The molecular weight excluding hydrogens is 1100 g/mol. The van der Waals surface area contributed by atoms with Crippen molar-refractivity contribution in [3.8, 4) is 11.5 Å². The van der Waals surface area contributed by atoms with Crippen LogP contribution in [0.1, 0.15) is 135 Å². The summed E-state index contributed by atoms with van der Waals surface area (Å²) in [6.45, 7) is 29.6. The minimum atomic E-state index is -1.35. The number of anilines is 2. The van der Waals surface area contributed by atoms with Crippen molar-refractivity contribution in [3.05, 3.63) is 92.6 Å². The van der Waals surface area contributed by atoms with Crippen LogP contribution in [0.5, 0.6) is 11.5 Å². The highest BCUT2D eigenvalue weighted by Gasteiger charge is 2.30. The number of phenols is 1. The number of aromatic amines is 2. The van der Waals surface area contributed by atoms with E-state index in [-0.39, 0.29) is 35.1 Å². The number of aromatic nitrogens is 2. The third-order valence-electron chi connectivity index (χ3n) is 13.6. The molecule has 0 aliphatic carbocycles. The van der Waals surface area contributed by atoms with Gasteiger partial charge in [-0.25, -0.2) is 19.2 Å². The van der Waals surface area contributed by atoms with E-state index in [0.717, 1.165) is 69.9 Å². The van der Waals surface area contributed by atoms with Crippen molar-refractivity contribution in [1.29, 1.82) is 0 Å². The summed E-state index contributed by atoms with van der Waals surface area (Å²) in [6, 6.07) is 9.52. The molecule has 0 radical (unpaired) electrons. The van der Waals surface area contributed by atoms with Crippen molar-refractivity contribution in [2.45, 2.75) is 121 Å².